The first kappa shape index (κ1) is 35.2. The molecule has 4 heterocycles. The van der Waals surface area contributed by atoms with Crippen molar-refractivity contribution in [2.24, 2.45) is 5.92 Å². The molecule has 1 aromatic carbocycles. The molecule has 3 fully saturated rings. The molecule has 3 aliphatic rings. The first-order valence-electron chi connectivity index (χ1n) is 16.7. The fourth-order valence-corrected chi connectivity index (χ4v) is 6.69. The number of aryl methyl sites for hydroxylation is 1. The summed E-state index contributed by atoms with van der Waals surface area (Å²) >= 11 is 0. The molecule has 0 spiro atoms. The lowest BCUT2D eigenvalue weighted by Crippen LogP contribution is -2.59. The van der Waals surface area contributed by atoms with Gasteiger partial charge in [0.05, 0.1) is 6.54 Å². The molecule has 6 amide bonds. The highest BCUT2D eigenvalue weighted by Gasteiger charge is 2.42. The van der Waals surface area contributed by atoms with Crippen molar-refractivity contribution < 1.29 is 38.0 Å². The Hall–Kier alpha value is -5.08. The Labute approximate surface area is 282 Å². The average Bonchev–Trinajstić information content (AvgIpc) is 3.74. The molecule has 4 N–H and O–H groups in total. The SMILES string of the molecule is Cc1cc(=O)oc2cc(NC(=O)[C@@H]3CCCN3C(=O)CNC(=O)[C@H](CC(C)C)NC(=O)[C@@H]3CCCN3C(=O)C3NC(=O)CCC3=O)ccc12. The smallest absolute Gasteiger partial charge is 0.336 e. The summed E-state index contributed by atoms with van der Waals surface area (Å²) < 4.78 is 5.27. The van der Waals surface area contributed by atoms with Gasteiger partial charge in [-0.1, -0.05) is 13.8 Å². The zero-order valence-corrected chi connectivity index (χ0v) is 27.8. The molecule has 5 rings (SSSR count). The number of likely N-dealkylation sites (tertiary alicyclic amines) is 2. The molecule has 3 saturated heterocycles. The second kappa shape index (κ2) is 15.0. The van der Waals surface area contributed by atoms with E-state index >= 15 is 0 Å². The van der Waals surface area contributed by atoms with Crippen LogP contribution in [0.4, 0.5) is 5.69 Å². The number of carbonyl (C=O) groups excluding carboxylic acids is 7. The number of anilines is 1. The minimum atomic E-state index is -1.33. The number of carbonyl (C=O) groups is 7. The number of amides is 6. The van der Waals surface area contributed by atoms with E-state index in [1.165, 1.54) is 15.9 Å². The van der Waals surface area contributed by atoms with E-state index in [0.717, 1.165) is 10.9 Å². The van der Waals surface area contributed by atoms with Crippen molar-refractivity contribution in [2.45, 2.75) is 89.9 Å². The van der Waals surface area contributed by atoms with Crippen LogP contribution < -0.4 is 26.9 Å². The summed E-state index contributed by atoms with van der Waals surface area (Å²) in [4.78, 5) is 105. The molecule has 0 aliphatic carbocycles. The van der Waals surface area contributed by atoms with Crippen LogP contribution in [0.5, 0.6) is 0 Å². The van der Waals surface area contributed by atoms with Gasteiger partial charge in [0.15, 0.2) is 11.8 Å². The number of Topliss-reactive ketones (excluding diaryl/α,β-unsaturated/α-hetero) is 1. The lowest BCUT2D eigenvalue weighted by Gasteiger charge is -2.30. The first-order valence-corrected chi connectivity index (χ1v) is 16.7. The van der Waals surface area contributed by atoms with Gasteiger partial charge < -0.3 is 35.5 Å². The van der Waals surface area contributed by atoms with Crippen molar-refractivity contribution in [1.29, 1.82) is 0 Å². The predicted molar refractivity (Wildman–Crippen MR) is 176 cm³/mol. The summed E-state index contributed by atoms with van der Waals surface area (Å²) in [7, 11) is 0. The van der Waals surface area contributed by atoms with E-state index in [9.17, 15) is 38.4 Å². The van der Waals surface area contributed by atoms with Gasteiger partial charge in [-0.2, -0.15) is 0 Å². The molecular weight excluding hydrogens is 636 g/mol. The van der Waals surface area contributed by atoms with E-state index in [4.69, 9.17) is 4.42 Å². The maximum absolute atomic E-state index is 13.4. The molecular formula is C34H42N6O9. The van der Waals surface area contributed by atoms with Crippen LogP contribution in [0.15, 0.2) is 33.5 Å². The topological polar surface area (TPSA) is 204 Å². The van der Waals surface area contributed by atoms with Gasteiger partial charge >= 0.3 is 5.63 Å². The van der Waals surface area contributed by atoms with Crippen molar-refractivity contribution in [2.75, 3.05) is 25.0 Å². The third-order valence-corrected chi connectivity index (χ3v) is 9.16. The Kier molecular flexibility index (Phi) is 10.8. The summed E-state index contributed by atoms with van der Waals surface area (Å²) in [5.41, 5.74) is 0.974. The summed E-state index contributed by atoms with van der Waals surface area (Å²) in [6, 6.07) is 2.33. The van der Waals surface area contributed by atoms with Gasteiger partial charge in [0, 0.05) is 49.1 Å². The Balaban J connectivity index is 1.18. The molecule has 4 atom stereocenters. The van der Waals surface area contributed by atoms with Crippen LogP contribution in [0.2, 0.25) is 0 Å². The molecule has 49 heavy (non-hydrogen) atoms. The first-order chi connectivity index (χ1) is 23.3. The highest BCUT2D eigenvalue weighted by atomic mass is 16.4. The summed E-state index contributed by atoms with van der Waals surface area (Å²) in [5.74, 6) is -3.50. The molecule has 0 saturated carbocycles. The van der Waals surface area contributed by atoms with Crippen LogP contribution in [0.25, 0.3) is 11.0 Å². The van der Waals surface area contributed by atoms with Gasteiger partial charge in [-0.15, -0.1) is 0 Å². The van der Waals surface area contributed by atoms with Gasteiger partial charge in [0.1, 0.15) is 23.7 Å². The zero-order chi connectivity index (χ0) is 35.4. The molecule has 15 heteroatoms. The van der Waals surface area contributed by atoms with Gasteiger partial charge in [-0.05, 0) is 62.6 Å². The van der Waals surface area contributed by atoms with Crippen LogP contribution >= 0.6 is 0 Å². The van der Waals surface area contributed by atoms with Gasteiger partial charge in [0.2, 0.25) is 29.5 Å². The minimum absolute atomic E-state index is 0.0122. The number of piperidine rings is 1. The van der Waals surface area contributed by atoms with Gasteiger partial charge in [0.25, 0.3) is 5.91 Å². The average molecular weight is 679 g/mol. The second-order valence-corrected chi connectivity index (χ2v) is 13.3. The summed E-state index contributed by atoms with van der Waals surface area (Å²) in [6.45, 7) is 5.68. The molecule has 0 radical (unpaired) electrons. The summed E-state index contributed by atoms with van der Waals surface area (Å²) in [5, 5.41) is 11.3. The van der Waals surface area contributed by atoms with Crippen molar-refractivity contribution in [1.82, 2.24) is 25.8 Å². The van der Waals surface area contributed by atoms with Crippen molar-refractivity contribution in [3.63, 3.8) is 0 Å². The van der Waals surface area contributed by atoms with E-state index < -0.39 is 77.6 Å². The largest absolute Gasteiger partial charge is 0.423 e. The van der Waals surface area contributed by atoms with Crippen LogP contribution in [0, 0.1) is 12.8 Å². The highest BCUT2D eigenvalue weighted by Crippen LogP contribution is 2.24. The van der Waals surface area contributed by atoms with Crippen LogP contribution in [0.1, 0.15) is 64.4 Å². The lowest BCUT2D eigenvalue weighted by molar-refractivity contribution is -0.147. The van der Waals surface area contributed by atoms with Crippen LogP contribution in [-0.4, -0.2) is 94.8 Å². The quantitative estimate of drug-likeness (QED) is 0.204. The Bertz CT molecular complexity index is 1740. The number of fused-ring (bicyclic) bond motifs is 1. The number of nitrogens with zero attached hydrogens (tertiary/aromatic N) is 2. The standard InChI is InChI=1S/C34H42N6O9/c1-18(2)14-22(37-33(47)24-7-5-13-40(24)34(48)30-25(41)10-11-27(42)38-30)31(45)35-17-28(43)39-12-4-6-23(39)32(46)36-20-8-9-21-19(3)15-29(44)49-26(21)16-20/h8-9,15-16,18,22-24,30H,4-7,10-14,17H2,1-3H3,(H,35,45)(H,36,46)(H,37,47)(H,38,42)/t22-,23-,24-,30?/m0/s1. The van der Waals surface area contributed by atoms with E-state index in [1.807, 2.05) is 13.8 Å². The van der Waals surface area contributed by atoms with Crippen LogP contribution in [0.3, 0.4) is 0 Å². The zero-order valence-electron chi connectivity index (χ0n) is 27.8. The molecule has 0 bridgehead atoms. The lowest BCUT2D eigenvalue weighted by atomic mass is 10.0. The number of hydrogen-bond acceptors (Lipinski definition) is 9. The number of rotatable bonds is 10. The third kappa shape index (κ3) is 8.15. The van der Waals surface area contributed by atoms with E-state index in [-0.39, 0.29) is 31.7 Å². The molecule has 262 valence electrons. The van der Waals surface area contributed by atoms with E-state index in [0.29, 0.717) is 43.5 Å². The minimum Gasteiger partial charge on any atom is -0.423 e. The van der Waals surface area contributed by atoms with Gasteiger partial charge in [-0.3, -0.25) is 33.6 Å². The fourth-order valence-electron chi connectivity index (χ4n) is 6.69. The van der Waals surface area contributed by atoms with Crippen LogP contribution in [-0.2, 0) is 33.6 Å². The third-order valence-electron chi connectivity index (χ3n) is 9.16. The van der Waals surface area contributed by atoms with E-state index in [2.05, 4.69) is 21.3 Å². The number of benzene rings is 1. The Morgan fingerprint density at radius 3 is 2.35 bits per heavy atom. The number of nitrogens with one attached hydrogen (secondary N) is 4. The maximum atomic E-state index is 13.4. The molecule has 15 nitrogen and oxygen atoms in total. The molecule has 2 aromatic rings. The number of ketones is 1. The maximum Gasteiger partial charge on any atom is 0.336 e. The fraction of sp³-hybridized carbons (Fsp3) is 0.529. The molecule has 1 unspecified atom stereocenters. The van der Waals surface area contributed by atoms with Crippen molar-refractivity contribution in [3.8, 4) is 0 Å². The Morgan fingerprint density at radius 2 is 1.63 bits per heavy atom. The highest BCUT2D eigenvalue weighted by molar-refractivity contribution is 6.11. The molecule has 1 aromatic heterocycles. The Morgan fingerprint density at radius 1 is 0.939 bits per heavy atom. The monoisotopic (exact) mass is 678 g/mol. The normalized spacial score (nSPS) is 21.4. The predicted octanol–water partition coefficient (Wildman–Crippen LogP) is 0.517. The van der Waals surface area contributed by atoms with E-state index in [1.54, 1.807) is 25.1 Å². The van der Waals surface area contributed by atoms with Crippen molar-refractivity contribution >= 4 is 57.9 Å². The second-order valence-electron chi connectivity index (χ2n) is 13.3. The number of hydrogen-bond donors (Lipinski definition) is 4. The molecule has 3 aliphatic heterocycles. The van der Waals surface area contributed by atoms with Crippen molar-refractivity contribution in [3.05, 3.63) is 40.2 Å². The summed E-state index contributed by atoms with van der Waals surface area (Å²) in [6.07, 6.45) is 2.07. The van der Waals surface area contributed by atoms with Gasteiger partial charge in [-0.25, -0.2) is 4.79 Å².